The number of nitrogen functional groups attached to an aromatic ring is 1. The van der Waals surface area contributed by atoms with Crippen molar-refractivity contribution >= 4 is 29.3 Å². The second-order valence-corrected chi connectivity index (χ2v) is 6.80. The number of carbonyl (C=O) groups excluding carboxylic acids is 1. The molecule has 0 saturated heterocycles. The van der Waals surface area contributed by atoms with Crippen molar-refractivity contribution < 1.29 is 4.79 Å². The SMILES string of the molecule is C[C@@H](Sc1nnc(-c2ccccc2Cl)n1N)C(=O)N(C)CCC#N. The number of rotatable bonds is 6. The van der Waals surface area contributed by atoms with Crippen molar-refractivity contribution in [3.05, 3.63) is 29.3 Å². The molecule has 2 rings (SSSR count). The van der Waals surface area contributed by atoms with Gasteiger partial charge >= 0.3 is 0 Å². The van der Waals surface area contributed by atoms with E-state index in [1.165, 1.54) is 21.3 Å². The third kappa shape index (κ3) is 3.99. The highest BCUT2D eigenvalue weighted by molar-refractivity contribution is 8.00. The van der Waals surface area contributed by atoms with Crippen molar-refractivity contribution in [1.82, 2.24) is 19.8 Å². The zero-order valence-corrected chi connectivity index (χ0v) is 14.9. The summed E-state index contributed by atoms with van der Waals surface area (Å²) in [4.78, 5) is 13.8. The number of amides is 1. The van der Waals surface area contributed by atoms with E-state index in [0.29, 0.717) is 34.5 Å². The fourth-order valence-electron chi connectivity index (χ4n) is 2.03. The predicted molar refractivity (Wildman–Crippen MR) is 93.8 cm³/mol. The number of nitrogens with zero attached hydrogens (tertiary/aromatic N) is 5. The van der Waals surface area contributed by atoms with Gasteiger partial charge in [-0.3, -0.25) is 4.79 Å². The van der Waals surface area contributed by atoms with Crippen LogP contribution >= 0.6 is 23.4 Å². The Bertz CT molecular complexity index is 772. The normalized spacial score (nSPS) is 11.8. The second-order valence-electron chi connectivity index (χ2n) is 5.08. The molecule has 24 heavy (non-hydrogen) atoms. The summed E-state index contributed by atoms with van der Waals surface area (Å²) in [5.41, 5.74) is 0.672. The highest BCUT2D eigenvalue weighted by Gasteiger charge is 2.22. The predicted octanol–water partition coefficient (Wildman–Crippen LogP) is 2.16. The number of aromatic nitrogens is 3. The molecule has 9 heteroatoms. The molecule has 1 amide bonds. The Balaban J connectivity index is 2.13. The first-order valence-electron chi connectivity index (χ1n) is 7.19. The van der Waals surface area contributed by atoms with Crippen LogP contribution in [0.2, 0.25) is 5.02 Å². The van der Waals surface area contributed by atoms with Crippen LogP contribution in [0.3, 0.4) is 0 Å². The molecule has 1 atom stereocenters. The molecule has 0 saturated carbocycles. The lowest BCUT2D eigenvalue weighted by atomic mass is 10.2. The molecule has 1 aromatic heterocycles. The summed E-state index contributed by atoms with van der Waals surface area (Å²) in [5.74, 6) is 6.38. The smallest absolute Gasteiger partial charge is 0.235 e. The lowest BCUT2D eigenvalue weighted by Crippen LogP contribution is -2.34. The van der Waals surface area contributed by atoms with Gasteiger partial charge in [0.25, 0.3) is 0 Å². The van der Waals surface area contributed by atoms with E-state index in [0.717, 1.165) is 0 Å². The molecule has 2 N–H and O–H groups in total. The van der Waals surface area contributed by atoms with Crippen molar-refractivity contribution in [2.75, 3.05) is 19.4 Å². The number of carbonyl (C=O) groups is 1. The molecule has 0 aliphatic rings. The maximum atomic E-state index is 12.3. The molecular formula is C15H17ClN6OS. The Morgan fingerprint density at radius 3 is 2.88 bits per heavy atom. The van der Waals surface area contributed by atoms with Crippen molar-refractivity contribution in [3.63, 3.8) is 0 Å². The Kier molecular flexibility index (Phi) is 6.06. The van der Waals surface area contributed by atoms with Gasteiger partial charge in [-0.15, -0.1) is 10.2 Å². The van der Waals surface area contributed by atoms with E-state index in [1.54, 1.807) is 26.1 Å². The van der Waals surface area contributed by atoms with E-state index in [1.807, 2.05) is 18.2 Å². The third-order valence-electron chi connectivity index (χ3n) is 3.34. The lowest BCUT2D eigenvalue weighted by Gasteiger charge is -2.19. The Labute approximate surface area is 149 Å². The van der Waals surface area contributed by atoms with Crippen LogP contribution in [-0.2, 0) is 4.79 Å². The van der Waals surface area contributed by atoms with Crippen LogP contribution in [0, 0.1) is 11.3 Å². The van der Waals surface area contributed by atoms with Crippen molar-refractivity contribution in [1.29, 1.82) is 5.26 Å². The minimum atomic E-state index is -0.403. The van der Waals surface area contributed by atoms with E-state index in [2.05, 4.69) is 10.2 Å². The zero-order valence-electron chi connectivity index (χ0n) is 13.3. The average Bonchev–Trinajstić information content (AvgIpc) is 2.93. The Hall–Kier alpha value is -2.24. The molecule has 0 spiro atoms. The van der Waals surface area contributed by atoms with Crippen LogP contribution < -0.4 is 5.84 Å². The number of hydrogen-bond acceptors (Lipinski definition) is 6. The maximum Gasteiger partial charge on any atom is 0.235 e. The van der Waals surface area contributed by atoms with Crippen molar-refractivity contribution in [2.45, 2.75) is 23.8 Å². The van der Waals surface area contributed by atoms with Gasteiger partial charge < -0.3 is 10.7 Å². The lowest BCUT2D eigenvalue weighted by molar-refractivity contribution is -0.128. The fourth-order valence-corrected chi connectivity index (χ4v) is 3.14. The van der Waals surface area contributed by atoms with Crippen LogP contribution in [0.1, 0.15) is 13.3 Å². The Morgan fingerprint density at radius 1 is 1.50 bits per heavy atom. The summed E-state index contributed by atoms with van der Waals surface area (Å²) in [6, 6.07) is 9.21. The highest BCUT2D eigenvalue weighted by Crippen LogP contribution is 2.29. The number of thioether (sulfide) groups is 1. The number of hydrogen-bond donors (Lipinski definition) is 1. The standard InChI is InChI=1S/C15H17ClN6OS/c1-10(14(23)21(2)9-5-8-17)24-15-20-19-13(22(15)18)11-6-3-4-7-12(11)16/h3-4,6-7,10H,5,9,18H2,1-2H3/t10-/m1/s1. The van der Waals surface area contributed by atoms with Gasteiger partial charge in [-0.05, 0) is 19.1 Å². The summed E-state index contributed by atoms with van der Waals surface area (Å²) in [5, 5.41) is 17.2. The van der Waals surface area contributed by atoms with Crippen molar-refractivity contribution in [3.8, 4) is 17.5 Å². The molecule has 1 aromatic carbocycles. The summed E-state index contributed by atoms with van der Waals surface area (Å²) in [7, 11) is 1.67. The highest BCUT2D eigenvalue weighted by atomic mass is 35.5. The van der Waals surface area contributed by atoms with Crippen LogP contribution in [0.4, 0.5) is 0 Å². The third-order valence-corrected chi connectivity index (χ3v) is 4.72. The van der Waals surface area contributed by atoms with Crippen LogP contribution in [0.25, 0.3) is 11.4 Å². The summed E-state index contributed by atoms with van der Waals surface area (Å²) >= 11 is 7.36. The van der Waals surface area contributed by atoms with Gasteiger partial charge in [0, 0.05) is 19.2 Å². The average molecular weight is 365 g/mol. The molecular weight excluding hydrogens is 348 g/mol. The molecule has 2 aromatic rings. The maximum absolute atomic E-state index is 12.3. The molecule has 0 aliphatic carbocycles. The molecule has 1 heterocycles. The molecule has 0 aliphatic heterocycles. The number of nitrogens with two attached hydrogens (primary N) is 1. The fraction of sp³-hybridized carbons (Fsp3) is 0.333. The molecule has 0 fully saturated rings. The van der Waals surface area contributed by atoms with Gasteiger partial charge in [0.2, 0.25) is 11.1 Å². The quantitative estimate of drug-likeness (QED) is 0.622. The topological polar surface area (TPSA) is 101 Å². The van der Waals surface area contributed by atoms with Gasteiger partial charge in [0.1, 0.15) is 0 Å². The number of halogens is 1. The monoisotopic (exact) mass is 364 g/mol. The number of benzene rings is 1. The second kappa shape index (κ2) is 8.04. The van der Waals surface area contributed by atoms with Gasteiger partial charge in [-0.1, -0.05) is 35.5 Å². The van der Waals surface area contributed by atoms with Gasteiger partial charge in [0.05, 0.1) is 22.8 Å². The molecule has 0 radical (unpaired) electrons. The molecule has 126 valence electrons. The minimum absolute atomic E-state index is 0.0995. The van der Waals surface area contributed by atoms with Crippen LogP contribution in [0.15, 0.2) is 29.4 Å². The molecule has 7 nitrogen and oxygen atoms in total. The van der Waals surface area contributed by atoms with E-state index in [-0.39, 0.29) is 5.91 Å². The molecule has 0 unspecified atom stereocenters. The first kappa shape index (κ1) is 18.1. The van der Waals surface area contributed by atoms with Crippen LogP contribution in [0.5, 0.6) is 0 Å². The zero-order chi connectivity index (χ0) is 17.7. The molecule has 0 bridgehead atoms. The minimum Gasteiger partial charge on any atom is -0.344 e. The van der Waals surface area contributed by atoms with Gasteiger partial charge in [-0.25, -0.2) is 4.68 Å². The largest absolute Gasteiger partial charge is 0.344 e. The first-order chi connectivity index (χ1) is 11.5. The van der Waals surface area contributed by atoms with E-state index >= 15 is 0 Å². The summed E-state index contributed by atoms with van der Waals surface area (Å²) < 4.78 is 1.32. The van der Waals surface area contributed by atoms with E-state index in [4.69, 9.17) is 22.7 Å². The summed E-state index contributed by atoms with van der Waals surface area (Å²) in [6.45, 7) is 2.15. The van der Waals surface area contributed by atoms with Crippen LogP contribution in [-0.4, -0.2) is 44.5 Å². The van der Waals surface area contributed by atoms with E-state index < -0.39 is 5.25 Å². The van der Waals surface area contributed by atoms with Gasteiger partial charge in [0.15, 0.2) is 5.82 Å². The van der Waals surface area contributed by atoms with Gasteiger partial charge in [-0.2, -0.15) is 5.26 Å². The van der Waals surface area contributed by atoms with Crippen molar-refractivity contribution in [2.24, 2.45) is 0 Å². The first-order valence-corrected chi connectivity index (χ1v) is 8.45. The summed E-state index contributed by atoms with van der Waals surface area (Å²) in [6.07, 6.45) is 0.295. The Morgan fingerprint density at radius 2 is 2.21 bits per heavy atom. The number of nitriles is 1. The van der Waals surface area contributed by atoms with E-state index in [9.17, 15) is 4.79 Å².